The van der Waals surface area contributed by atoms with Gasteiger partial charge < -0.3 is 9.47 Å². The average Bonchev–Trinajstić information content (AvgIpc) is 3.29. The molecule has 1 aromatic heterocycles. The smallest absolute Gasteiger partial charge is 0.269 e. The molecule has 0 unspecified atom stereocenters. The summed E-state index contributed by atoms with van der Waals surface area (Å²) in [6.45, 7) is 0.176. The number of nitrogens with one attached hydrogen (secondary N) is 1. The second-order valence-electron chi connectivity index (χ2n) is 6.33. The minimum atomic E-state index is -0.598. The number of nitro groups is 1. The van der Waals surface area contributed by atoms with Crippen LogP contribution in [0.5, 0.6) is 11.5 Å². The first-order valence-electron chi connectivity index (χ1n) is 9.28. The van der Waals surface area contributed by atoms with Gasteiger partial charge in [-0.05, 0) is 47.7 Å². The number of thioether (sulfide) groups is 1. The lowest BCUT2D eigenvalue weighted by Gasteiger charge is -2.11. The Bertz CT molecular complexity index is 1230. The van der Waals surface area contributed by atoms with Crippen LogP contribution in [0.1, 0.15) is 11.1 Å². The number of anilines is 1. The van der Waals surface area contributed by atoms with Crippen LogP contribution in [0.3, 0.4) is 0 Å². The molecule has 2 aromatic carbocycles. The summed E-state index contributed by atoms with van der Waals surface area (Å²) in [6.07, 6.45) is 3.25. The van der Waals surface area contributed by atoms with Crippen molar-refractivity contribution in [3.05, 3.63) is 69.3 Å². The highest BCUT2D eigenvalue weighted by atomic mass is 32.2. The van der Waals surface area contributed by atoms with Crippen molar-refractivity contribution >= 4 is 46.1 Å². The number of benzene rings is 2. The maximum absolute atomic E-state index is 12.4. The Balaban J connectivity index is 1.71. The first-order chi connectivity index (χ1) is 15.9. The Morgan fingerprint density at radius 1 is 1.30 bits per heavy atom. The third-order valence-corrected chi connectivity index (χ3v) is 5.51. The molecule has 1 N–H and O–H groups in total. The van der Waals surface area contributed by atoms with Gasteiger partial charge in [-0.3, -0.25) is 20.2 Å². The molecule has 0 aliphatic carbocycles. The Kier molecular flexibility index (Phi) is 7.96. The van der Waals surface area contributed by atoms with Crippen molar-refractivity contribution in [2.45, 2.75) is 11.8 Å². The van der Waals surface area contributed by atoms with Gasteiger partial charge in [0.05, 0.1) is 12.0 Å². The largest absolute Gasteiger partial charge is 0.493 e. The Morgan fingerprint density at radius 3 is 2.67 bits per heavy atom. The summed E-state index contributed by atoms with van der Waals surface area (Å²) in [5.41, 5.74) is 1.19. The van der Waals surface area contributed by atoms with E-state index in [0.29, 0.717) is 27.4 Å². The Hall–Kier alpha value is -3.95. The van der Waals surface area contributed by atoms with E-state index in [2.05, 4.69) is 14.7 Å². The minimum Gasteiger partial charge on any atom is -0.493 e. The molecule has 168 valence electrons. The average molecular weight is 484 g/mol. The minimum absolute atomic E-state index is 0.000574. The van der Waals surface area contributed by atoms with E-state index >= 15 is 0 Å². The molecule has 0 saturated carbocycles. The molecular formula is C21H17N5O5S2. The lowest BCUT2D eigenvalue weighted by molar-refractivity contribution is -0.384. The van der Waals surface area contributed by atoms with Crippen molar-refractivity contribution in [1.29, 1.82) is 5.26 Å². The third kappa shape index (κ3) is 6.28. The van der Waals surface area contributed by atoms with Gasteiger partial charge in [0.15, 0.2) is 11.5 Å². The van der Waals surface area contributed by atoms with Gasteiger partial charge in [0.25, 0.3) is 11.6 Å². The van der Waals surface area contributed by atoms with Crippen molar-refractivity contribution in [3.8, 4) is 17.6 Å². The number of nitriles is 1. The van der Waals surface area contributed by atoms with Crippen molar-refractivity contribution in [2.75, 3.05) is 18.7 Å². The van der Waals surface area contributed by atoms with Gasteiger partial charge in [-0.1, -0.05) is 17.8 Å². The molecule has 0 fully saturated rings. The fourth-order valence-corrected chi connectivity index (χ4v) is 3.71. The number of ether oxygens (including phenoxy) is 2. The lowest BCUT2D eigenvalue weighted by atomic mass is 10.1. The second kappa shape index (κ2) is 11.1. The van der Waals surface area contributed by atoms with Crippen LogP contribution < -0.4 is 14.8 Å². The van der Waals surface area contributed by atoms with Gasteiger partial charge in [0.1, 0.15) is 18.2 Å². The number of carbonyl (C=O) groups excluding carboxylic acids is 1. The number of hydrogen-bond acceptors (Lipinski definition) is 10. The van der Waals surface area contributed by atoms with E-state index in [1.165, 1.54) is 37.1 Å². The summed E-state index contributed by atoms with van der Waals surface area (Å²) in [6, 6.07) is 12.9. The number of aromatic nitrogens is 2. The number of amides is 1. The highest BCUT2D eigenvalue weighted by molar-refractivity contribution is 7.98. The monoisotopic (exact) mass is 483 g/mol. The van der Waals surface area contributed by atoms with E-state index in [4.69, 9.17) is 9.47 Å². The molecule has 1 amide bonds. The summed E-state index contributed by atoms with van der Waals surface area (Å²) >= 11 is 2.38. The molecule has 0 aliphatic rings. The molecule has 3 rings (SSSR count). The summed E-state index contributed by atoms with van der Waals surface area (Å²) in [4.78, 5) is 26.8. The van der Waals surface area contributed by atoms with Crippen LogP contribution in [-0.2, 0) is 11.4 Å². The molecule has 0 radical (unpaired) electrons. The Morgan fingerprint density at radius 2 is 2.06 bits per heavy atom. The van der Waals surface area contributed by atoms with Crippen LogP contribution in [0.15, 0.2) is 53.2 Å². The maximum Gasteiger partial charge on any atom is 0.269 e. The molecule has 0 bridgehead atoms. The third-order valence-electron chi connectivity index (χ3n) is 4.22. The number of rotatable bonds is 9. The van der Waals surface area contributed by atoms with Crippen LogP contribution in [0.25, 0.3) is 6.08 Å². The molecule has 10 nitrogen and oxygen atoms in total. The molecule has 33 heavy (non-hydrogen) atoms. The summed E-state index contributed by atoms with van der Waals surface area (Å²) in [7, 11) is 1.47. The quantitative estimate of drug-likeness (QED) is 0.155. The van der Waals surface area contributed by atoms with Crippen LogP contribution in [-0.4, -0.2) is 33.6 Å². The predicted octanol–water partition coefficient (Wildman–Crippen LogP) is 4.30. The van der Waals surface area contributed by atoms with Gasteiger partial charge in [-0.15, -0.1) is 0 Å². The number of carbonyl (C=O) groups is 1. The molecular weight excluding hydrogens is 466 g/mol. The second-order valence-corrected chi connectivity index (χ2v) is 7.86. The summed E-state index contributed by atoms with van der Waals surface area (Å²) in [5.74, 6) is 0.241. The molecule has 0 aliphatic heterocycles. The van der Waals surface area contributed by atoms with Crippen molar-refractivity contribution < 1.29 is 19.2 Å². The van der Waals surface area contributed by atoms with E-state index in [9.17, 15) is 20.2 Å². The maximum atomic E-state index is 12.4. The number of hydrogen-bond donors (Lipinski definition) is 1. The Labute approximate surface area is 197 Å². The zero-order chi connectivity index (χ0) is 23.8. The van der Waals surface area contributed by atoms with E-state index in [0.717, 1.165) is 17.1 Å². The molecule has 1 heterocycles. The van der Waals surface area contributed by atoms with Crippen LogP contribution in [0.2, 0.25) is 0 Å². The molecule has 0 spiro atoms. The SMILES string of the molecule is COc1cc(/C=C(/C#N)C(=O)Nc2nc(SC)ns2)ccc1OCc1ccc([N+](=O)[O-])cc1. The molecule has 0 atom stereocenters. The summed E-state index contributed by atoms with van der Waals surface area (Å²) in [5, 5.41) is 23.6. The van der Waals surface area contributed by atoms with Gasteiger partial charge in [-0.2, -0.15) is 14.6 Å². The van der Waals surface area contributed by atoms with Gasteiger partial charge in [-0.25, -0.2) is 0 Å². The fraction of sp³-hybridized carbons (Fsp3) is 0.143. The normalized spacial score (nSPS) is 10.9. The van der Waals surface area contributed by atoms with Crippen molar-refractivity contribution in [1.82, 2.24) is 9.36 Å². The standard InChI is InChI=1S/C21H17N5O5S2/c1-30-18-10-14(9-15(11-22)19(27)23-20-24-21(32-2)25-33-20)5-8-17(18)31-12-13-3-6-16(7-4-13)26(28)29/h3-10H,12H2,1-2H3,(H,23,24,25,27)/b15-9-. The van der Waals surface area contributed by atoms with Crippen LogP contribution in [0.4, 0.5) is 10.8 Å². The number of non-ortho nitro benzene ring substituents is 1. The topological polar surface area (TPSA) is 140 Å². The summed E-state index contributed by atoms with van der Waals surface area (Å²) < 4.78 is 15.2. The highest BCUT2D eigenvalue weighted by Gasteiger charge is 2.14. The zero-order valence-electron chi connectivity index (χ0n) is 17.5. The number of methoxy groups -OCH3 is 1. The first kappa shape index (κ1) is 23.7. The van der Waals surface area contributed by atoms with Crippen molar-refractivity contribution in [3.63, 3.8) is 0 Å². The number of nitro benzene ring substituents is 1. The van der Waals surface area contributed by atoms with Crippen molar-refractivity contribution in [2.24, 2.45) is 0 Å². The van der Waals surface area contributed by atoms with Gasteiger partial charge in [0.2, 0.25) is 10.3 Å². The molecule has 12 heteroatoms. The number of nitrogens with zero attached hydrogens (tertiary/aromatic N) is 4. The predicted molar refractivity (Wildman–Crippen MR) is 124 cm³/mol. The van der Waals surface area contributed by atoms with Crippen LogP contribution in [0, 0.1) is 21.4 Å². The van der Waals surface area contributed by atoms with Gasteiger partial charge in [0, 0.05) is 23.7 Å². The highest BCUT2D eigenvalue weighted by Crippen LogP contribution is 2.30. The first-order valence-corrected chi connectivity index (χ1v) is 11.3. The molecule has 3 aromatic rings. The molecule has 0 saturated heterocycles. The van der Waals surface area contributed by atoms with E-state index in [1.807, 2.05) is 12.3 Å². The van der Waals surface area contributed by atoms with E-state index in [-0.39, 0.29) is 17.9 Å². The fourth-order valence-electron chi connectivity index (χ4n) is 2.59. The van der Waals surface area contributed by atoms with E-state index in [1.54, 1.807) is 30.3 Å². The van der Waals surface area contributed by atoms with Gasteiger partial charge >= 0.3 is 0 Å². The van der Waals surface area contributed by atoms with Crippen LogP contribution >= 0.6 is 23.3 Å². The van der Waals surface area contributed by atoms with E-state index < -0.39 is 10.8 Å². The lowest BCUT2D eigenvalue weighted by Crippen LogP contribution is -2.13. The zero-order valence-corrected chi connectivity index (χ0v) is 19.1.